The number of halogens is 4. The molecule has 4 nitrogen and oxygen atoms in total. The molecule has 25 heavy (non-hydrogen) atoms. The van der Waals surface area contributed by atoms with E-state index in [-0.39, 0.29) is 6.54 Å². The fourth-order valence-corrected chi connectivity index (χ4v) is 3.93. The molecule has 2 aromatic heterocycles. The van der Waals surface area contributed by atoms with Gasteiger partial charge in [0.2, 0.25) is 0 Å². The average molecular weight is 432 g/mol. The number of hydrogen-bond acceptors (Lipinski definition) is 3. The zero-order valence-corrected chi connectivity index (χ0v) is 15.4. The molecule has 0 unspecified atom stereocenters. The van der Waals surface area contributed by atoms with Gasteiger partial charge in [-0.15, -0.1) is 11.3 Å². The van der Waals surface area contributed by atoms with Crippen LogP contribution in [0.15, 0.2) is 34.2 Å². The van der Waals surface area contributed by atoms with E-state index in [9.17, 15) is 18.0 Å². The highest BCUT2D eigenvalue weighted by Gasteiger charge is 2.39. The van der Waals surface area contributed by atoms with E-state index < -0.39 is 23.3 Å². The van der Waals surface area contributed by atoms with Gasteiger partial charge in [-0.25, -0.2) is 0 Å². The summed E-state index contributed by atoms with van der Waals surface area (Å²) < 4.78 is 41.8. The van der Waals surface area contributed by atoms with Gasteiger partial charge in [-0.05, 0) is 40.9 Å². The van der Waals surface area contributed by atoms with Crippen molar-refractivity contribution in [3.05, 3.63) is 51.1 Å². The van der Waals surface area contributed by atoms with Crippen LogP contribution in [0.5, 0.6) is 0 Å². The number of benzene rings is 1. The summed E-state index contributed by atoms with van der Waals surface area (Å²) in [5.41, 5.74) is -0.466. The number of alkyl halides is 3. The highest BCUT2D eigenvalue weighted by atomic mass is 79.9. The summed E-state index contributed by atoms with van der Waals surface area (Å²) in [4.78, 5) is 12.1. The second kappa shape index (κ2) is 6.80. The molecule has 0 fully saturated rings. The quantitative estimate of drug-likeness (QED) is 0.665. The highest BCUT2D eigenvalue weighted by Crippen LogP contribution is 2.31. The SMILES string of the molecule is Cn1ncc(C(=O)NCCc2csc3ccc(Br)cc23)c1C(F)(F)F. The maximum absolute atomic E-state index is 13.0. The predicted molar refractivity (Wildman–Crippen MR) is 93.8 cm³/mol. The molecule has 1 amide bonds. The molecule has 0 aliphatic heterocycles. The van der Waals surface area contributed by atoms with Crippen molar-refractivity contribution in [2.45, 2.75) is 12.6 Å². The molecule has 0 aliphatic rings. The van der Waals surface area contributed by atoms with Gasteiger partial charge < -0.3 is 5.32 Å². The van der Waals surface area contributed by atoms with Crippen molar-refractivity contribution in [1.82, 2.24) is 15.1 Å². The summed E-state index contributed by atoms with van der Waals surface area (Å²) >= 11 is 5.01. The predicted octanol–water partition coefficient (Wildman–Crippen LogP) is 4.39. The van der Waals surface area contributed by atoms with Gasteiger partial charge in [0.05, 0.1) is 11.8 Å². The number of amides is 1. The summed E-state index contributed by atoms with van der Waals surface area (Å²) in [6, 6.07) is 5.94. The fraction of sp³-hybridized carbons (Fsp3) is 0.250. The lowest BCUT2D eigenvalue weighted by molar-refractivity contribution is -0.144. The summed E-state index contributed by atoms with van der Waals surface area (Å²) in [6.07, 6.45) is -3.16. The third-order valence-corrected chi connectivity index (χ3v) is 5.25. The number of carbonyl (C=O) groups excluding carboxylic acids is 1. The zero-order valence-electron chi connectivity index (χ0n) is 13.0. The number of thiophene rings is 1. The van der Waals surface area contributed by atoms with E-state index in [1.165, 1.54) is 0 Å². The average Bonchev–Trinajstić information content (AvgIpc) is 3.10. The van der Waals surface area contributed by atoms with E-state index in [0.29, 0.717) is 11.1 Å². The van der Waals surface area contributed by atoms with Crippen molar-refractivity contribution in [3.8, 4) is 0 Å². The van der Waals surface area contributed by atoms with Crippen molar-refractivity contribution < 1.29 is 18.0 Å². The van der Waals surface area contributed by atoms with E-state index in [2.05, 4.69) is 26.3 Å². The number of aromatic nitrogens is 2. The van der Waals surface area contributed by atoms with Crippen molar-refractivity contribution in [1.29, 1.82) is 0 Å². The van der Waals surface area contributed by atoms with Crippen molar-refractivity contribution in [2.75, 3.05) is 6.54 Å². The number of fused-ring (bicyclic) bond motifs is 1. The number of hydrogen-bond donors (Lipinski definition) is 1. The van der Waals surface area contributed by atoms with Crippen molar-refractivity contribution in [2.24, 2.45) is 7.05 Å². The minimum absolute atomic E-state index is 0.239. The maximum Gasteiger partial charge on any atom is 0.433 e. The van der Waals surface area contributed by atoms with Crippen molar-refractivity contribution >= 4 is 43.3 Å². The van der Waals surface area contributed by atoms with Crippen LogP contribution in [0.3, 0.4) is 0 Å². The Morgan fingerprint density at radius 3 is 2.88 bits per heavy atom. The molecule has 1 aromatic carbocycles. The Bertz CT molecular complexity index is 932. The molecule has 9 heteroatoms. The molecule has 3 aromatic rings. The Labute approximate surface area is 153 Å². The minimum Gasteiger partial charge on any atom is -0.352 e. The fourth-order valence-electron chi connectivity index (χ4n) is 2.59. The Morgan fingerprint density at radius 1 is 1.40 bits per heavy atom. The number of aryl methyl sites for hydroxylation is 1. The Balaban J connectivity index is 1.70. The van der Waals surface area contributed by atoms with Gasteiger partial charge in [0, 0.05) is 22.8 Å². The van der Waals surface area contributed by atoms with E-state index in [0.717, 1.165) is 33.4 Å². The van der Waals surface area contributed by atoms with Crippen LogP contribution < -0.4 is 5.32 Å². The first-order chi connectivity index (χ1) is 11.8. The molecule has 3 rings (SSSR count). The molecule has 0 aliphatic carbocycles. The molecule has 0 saturated heterocycles. The van der Waals surface area contributed by atoms with Gasteiger partial charge in [-0.3, -0.25) is 9.48 Å². The largest absolute Gasteiger partial charge is 0.433 e. The summed E-state index contributed by atoms with van der Waals surface area (Å²) in [5.74, 6) is -0.777. The maximum atomic E-state index is 13.0. The first-order valence-corrected chi connectivity index (χ1v) is 8.97. The Kier molecular flexibility index (Phi) is 4.88. The summed E-state index contributed by atoms with van der Waals surface area (Å²) in [6.45, 7) is 0.239. The standard InChI is InChI=1S/C16H13BrF3N3OS/c1-23-14(16(18,19)20)12(7-22-23)15(24)21-5-4-9-8-25-13-3-2-10(17)6-11(9)13/h2-3,6-8H,4-5H2,1H3,(H,21,24). The number of nitrogens with one attached hydrogen (secondary N) is 1. The molecule has 0 bridgehead atoms. The van der Waals surface area contributed by atoms with Crippen LogP contribution in [0.1, 0.15) is 21.6 Å². The van der Waals surface area contributed by atoms with E-state index in [1.807, 2.05) is 23.6 Å². The van der Waals surface area contributed by atoms with Crippen LogP contribution in [0.4, 0.5) is 13.2 Å². The number of nitrogens with zero attached hydrogens (tertiary/aromatic N) is 2. The molecule has 2 heterocycles. The Morgan fingerprint density at radius 2 is 2.16 bits per heavy atom. The molecule has 132 valence electrons. The van der Waals surface area contributed by atoms with E-state index in [1.54, 1.807) is 11.3 Å². The second-order valence-corrected chi connectivity index (χ2v) is 7.26. The zero-order chi connectivity index (χ0) is 18.2. The van der Waals surface area contributed by atoms with Gasteiger partial charge in [0.1, 0.15) is 0 Å². The molecule has 0 saturated carbocycles. The van der Waals surface area contributed by atoms with Gasteiger partial charge in [0.25, 0.3) is 5.91 Å². The lowest BCUT2D eigenvalue weighted by atomic mass is 10.1. The number of carbonyl (C=O) groups is 1. The lowest BCUT2D eigenvalue weighted by Crippen LogP contribution is -2.28. The van der Waals surface area contributed by atoms with Crippen LogP contribution in [-0.2, 0) is 19.6 Å². The van der Waals surface area contributed by atoms with Crippen LogP contribution >= 0.6 is 27.3 Å². The monoisotopic (exact) mass is 431 g/mol. The van der Waals surface area contributed by atoms with Gasteiger partial charge in [0.15, 0.2) is 5.69 Å². The van der Waals surface area contributed by atoms with Crippen LogP contribution in [0.25, 0.3) is 10.1 Å². The highest BCUT2D eigenvalue weighted by molar-refractivity contribution is 9.10. The minimum atomic E-state index is -4.63. The van der Waals surface area contributed by atoms with Gasteiger partial charge >= 0.3 is 6.18 Å². The smallest absolute Gasteiger partial charge is 0.352 e. The normalized spacial score (nSPS) is 11.9. The molecule has 0 spiro atoms. The van der Waals surface area contributed by atoms with E-state index >= 15 is 0 Å². The first kappa shape index (κ1) is 17.9. The summed E-state index contributed by atoms with van der Waals surface area (Å²) in [5, 5.41) is 9.16. The molecular formula is C16H13BrF3N3OS. The van der Waals surface area contributed by atoms with Crippen LogP contribution in [0.2, 0.25) is 0 Å². The molecule has 0 atom stereocenters. The molecule has 0 radical (unpaired) electrons. The third-order valence-electron chi connectivity index (χ3n) is 3.75. The topological polar surface area (TPSA) is 46.9 Å². The Hall–Kier alpha value is -1.87. The first-order valence-electron chi connectivity index (χ1n) is 7.30. The van der Waals surface area contributed by atoms with Gasteiger partial charge in [-0.1, -0.05) is 15.9 Å². The number of rotatable bonds is 4. The molecule has 1 N–H and O–H groups in total. The van der Waals surface area contributed by atoms with Crippen LogP contribution in [-0.4, -0.2) is 22.2 Å². The summed E-state index contributed by atoms with van der Waals surface area (Å²) in [7, 11) is 1.16. The van der Waals surface area contributed by atoms with Crippen LogP contribution in [0, 0.1) is 0 Å². The van der Waals surface area contributed by atoms with E-state index in [4.69, 9.17) is 0 Å². The third kappa shape index (κ3) is 3.72. The second-order valence-electron chi connectivity index (χ2n) is 5.44. The van der Waals surface area contributed by atoms with Crippen molar-refractivity contribution in [3.63, 3.8) is 0 Å². The molecular weight excluding hydrogens is 419 g/mol. The lowest BCUT2D eigenvalue weighted by Gasteiger charge is -2.10. The van der Waals surface area contributed by atoms with Gasteiger partial charge in [-0.2, -0.15) is 18.3 Å².